The van der Waals surface area contributed by atoms with Crippen LogP contribution in [0.3, 0.4) is 0 Å². The molecule has 6 bridgehead atoms. The van der Waals surface area contributed by atoms with Crippen molar-refractivity contribution in [2.75, 3.05) is 0 Å². The highest BCUT2D eigenvalue weighted by atomic mass is 32.1. The second-order valence-electron chi connectivity index (χ2n) is 3.49. The summed E-state index contributed by atoms with van der Waals surface area (Å²) in [7, 11) is 0. The topological polar surface area (TPSA) is 0 Å². The van der Waals surface area contributed by atoms with E-state index < -0.39 is 0 Å². The molecule has 0 saturated heterocycles. The Hall–Kier alpha value is -0.900. The Labute approximate surface area is 99.5 Å². The van der Waals surface area contributed by atoms with Crippen molar-refractivity contribution in [1.29, 1.82) is 0 Å². The zero-order valence-electron chi connectivity index (χ0n) is 7.69. The van der Waals surface area contributed by atoms with E-state index in [1.165, 1.54) is 29.3 Å². The monoisotopic (exact) mass is 246 g/mol. The van der Waals surface area contributed by atoms with E-state index >= 15 is 0 Å². The van der Waals surface area contributed by atoms with Crippen LogP contribution in [-0.4, -0.2) is 0 Å². The lowest BCUT2D eigenvalue weighted by Gasteiger charge is -1.89. The molecule has 4 rings (SSSR count). The van der Waals surface area contributed by atoms with E-state index in [9.17, 15) is 0 Å². The van der Waals surface area contributed by atoms with Crippen LogP contribution in [0.15, 0.2) is 36.4 Å². The molecule has 0 saturated carbocycles. The zero-order chi connectivity index (χ0) is 9.83. The predicted octanol–water partition coefficient (Wildman–Crippen LogP) is 5.19. The van der Waals surface area contributed by atoms with Crippen molar-refractivity contribution in [3.05, 3.63) is 36.4 Å². The lowest BCUT2D eigenvalue weighted by Crippen LogP contribution is -1.57. The Bertz CT molecular complexity index is 499. The van der Waals surface area contributed by atoms with E-state index in [0.717, 1.165) is 0 Å². The standard InChI is InChI=1S/C12H6S3/c1-2-8-10-5-6-12(15-10)11-4-3-9(14-11)7(1)13-8/h1-6H. The highest BCUT2D eigenvalue weighted by Crippen LogP contribution is 2.46. The quantitative estimate of drug-likeness (QED) is 0.401. The Balaban J connectivity index is 2.19. The van der Waals surface area contributed by atoms with Crippen molar-refractivity contribution in [2.24, 2.45) is 0 Å². The van der Waals surface area contributed by atoms with Crippen LogP contribution in [0.1, 0.15) is 0 Å². The van der Waals surface area contributed by atoms with Gasteiger partial charge >= 0.3 is 0 Å². The Morgan fingerprint density at radius 3 is 0.800 bits per heavy atom. The molecule has 15 heavy (non-hydrogen) atoms. The molecule has 1 aliphatic rings. The minimum Gasteiger partial charge on any atom is -0.134 e. The van der Waals surface area contributed by atoms with Crippen molar-refractivity contribution >= 4 is 34.0 Å². The van der Waals surface area contributed by atoms with Crippen LogP contribution in [-0.2, 0) is 0 Å². The fourth-order valence-electron chi connectivity index (χ4n) is 1.81. The molecule has 4 heterocycles. The fraction of sp³-hybridized carbons (Fsp3) is 0. The van der Waals surface area contributed by atoms with Gasteiger partial charge in [-0.25, -0.2) is 0 Å². The summed E-state index contributed by atoms with van der Waals surface area (Å²) in [5.74, 6) is 0. The highest BCUT2D eigenvalue weighted by Gasteiger charge is 2.14. The van der Waals surface area contributed by atoms with Crippen LogP contribution in [0.4, 0.5) is 0 Å². The second-order valence-corrected chi connectivity index (χ2v) is 6.74. The molecule has 0 nitrogen and oxygen atoms in total. The van der Waals surface area contributed by atoms with E-state index in [1.54, 1.807) is 0 Å². The van der Waals surface area contributed by atoms with E-state index in [0.29, 0.717) is 0 Å². The Morgan fingerprint density at radius 1 is 0.400 bits per heavy atom. The van der Waals surface area contributed by atoms with E-state index in [2.05, 4.69) is 36.4 Å². The first-order valence-electron chi connectivity index (χ1n) is 4.71. The molecule has 0 aromatic carbocycles. The minimum atomic E-state index is 1.40. The molecule has 3 aromatic heterocycles. The third-order valence-electron chi connectivity index (χ3n) is 2.55. The Morgan fingerprint density at radius 2 is 0.600 bits per heavy atom. The number of hydrogen-bond donors (Lipinski definition) is 0. The van der Waals surface area contributed by atoms with E-state index in [4.69, 9.17) is 0 Å². The van der Waals surface area contributed by atoms with Gasteiger partial charge in [-0.2, -0.15) is 0 Å². The van der Waals surface area contributed by atoms with Gasteiger partial charge in [-0.15, -0.1) is 34.0 Å². The van der Waals surface area contributed by atoms with E-state index in [1.807, 2.05) is 34.0 Å². The maximum atomic E-state index is 2.24. The summed E-state index contributed by atoms with van der Waals surface area (Å²) in [5.41, 5.74) is 0. The molecule has 0 atom stereocenters. The average molecular weight is 246 g/mol. The lowest BCUT2D eigenvalue weighted by molar-refractivity contribution is 1.88. The van der Waals surface area contributed by atoms with Gasteiger partial charge in [0.2, 0.25) is 0 Å². The van der Waals surface area contributed by atoms with Gasteiger partial charge in [0.05, 0.1) is 0 Å². The molecule has 0 aliphatic carbocycles. The SMILES string of the molecule is c1cc2sc1-c1ccc(s1)-c1ccc-2s1. The van der Waals surface area contributed by atoms with Crippen molar-refractivity contribution in [3.8, 4) is 29.3 Å². The maximum absolute atomic E-state index is 2.24. The van der Waals surface area contributed by atoms with Gasteiger partial charge in [-0.1, -0.05) is 0 Å². The highest BCUT2D eigenvalue weighted by molar-refractivity contribution is 7.31. The van der Waals surface area contributed by atoms with Crippen molar-refractivity contribution in [1.82, 2.24) is 0 Å². The molecule has 3 aromatic rings. The number of fused-ring (bicyclic) bond motifs is 9. The fourth-order valence-corrected chi connectivity index (χ4v) is 5.10. The van der Waals surface area contributed by atoms with Gasteiger partial charge in [0.25, 0.3) is 0 Å². The van der Waals surface area contributed by atoms with Crippen LogP contribution in [0, 0.1) is 0 Å². The zero-order valence-corrected chi connectivity index (χ0v) is 10.1. The summed E-state index contributed by atoms with van der Waals surface area (Å²) < 4.78 is 0. The molecule has 0 fully saturated rings. The van der Waals surface area contributed by atoms with Gasteiger partial charge in [-0.3, -0.25) is 0 Å². The summed E-state index contributed by atoms with van der Waals surface area (Å²) in [6.45, 7) is 0. The van der Waals surface area contributed by atoms with Crippen LogP contribution in [0.5, 0.6) is 0 Å². The molecule has 0 spiro atoms. The largest absolute Gasteiger partial charge is 0.134 e. The summed E-state index contributed by atoms with van der Waals surface area (Å²) in [4.78, 5) is 8.39. The maximum Gasteiger partial charge on any atom is 0.0449 e. The molecule has 0 amide bonds. The average Bonchev–Trinajstić information content (AvgIpc) is 2.96. The predicted molar refractivity (Wildman–Crippen MR) is 69.9 cm³/mol. The second kappa shape index (κ2) is 2.82. The first-order chi connectivity index (χ1) is 7.40. The van der Waals surface area contributed by atoms with Gasteiger partial charge in [0.15, 0.2) is 0 Å². The molecular weight excluding hydrogens is 240 g/mol. The van der Waals surface area contributed by atoms with Gasteiger partial charge < -0.3 is 0 Å². The molecule has 0 unspecified atom stereocenters. The van der Waals surface area contributed by atoms with Crippen LogP contribution < -0.4 is 0 Å². The number of rotatable bonds is 0. The molecule has 0 radical (unpaired) electrons. The third-order valence-corrected chi connectivity index (χ3v) is 6.39. The van der Waals surface area contributed by atoms with Crippen LogP contribution in [0.25, 0.3) is 29.3 Å². The third kappa shape index (κ3) is 1.11. The normalized spacial score (nSPS) is 12.0. The van der Waals surface area contributed by atoms with Crippen molar-refractivity contribution < 1.29 is 0 Å². The number of thiophene rings is 3. The smallest absolute Gasteiger partial charge is 0.0449 e. The van der Waals surface area contributed by atoms with Crippen LogP contribution >= 0.6 is 34.0 Å². The van der Waals surface area contributed by atoms with Crippen LogP contribution in [0.2, 0.25) is 0 Å². The summed E-state index contributed by atoms with van der Waals surface area (Å²) in [6.07, 6.45) is 0. The summed E-state index contributed by atoms with van der Waals surface area (Å²) >= 11 is 5.69. The number of hydrogen-bond acceptors (Lipinski definition) is 3. The molecule has 0 N–H and O–H groups in total. The van der Waals surface area contributed by atoms with Crippen molar-refractivity contribution in [2.45, 2.75) is 0 Å². The molecule has 3 heteroatoms. The lowest BCUT2D eigenvalue weighted by atomic mass is 10.3. The minimum absolute atomic E-state index is 1.40. The first-order valence-corrected chi connectivity index (χ1v) is 7.16. The van der Waals surface area contributed by atoms with Gasteiger partial charge in [-0.05, 0) is 36.4 Å². The molecule has 72 valence electrons. The summed E-state index contributed by atoms with van der Waals surface area (Å²) in [6, 6.07) is 13.4. The van der Waals surface area contributed by atoms with Gasteiger partial charge in [0, 0.05) is 29.3 Å². The summed E-state index contributed by atoms with van der Waals surface area (Å²) in [5, 5.41) is 0. The molecular formula is C12H6S3. The van der Waals surface area contributed by atoms with Gasteiger partial charge in [0.1, 0.15) is 0 Å². The first kappa shape index (κ1) is 8.28. The Kier molecular flexibility index (Phi) is 1.55. The van der Waals surface area contributed by atoms with E-state index in [-0.39, 0.29) is 0 Å². The molecule has 1 aliphatic heterocycles. The van der Waals surface area contributed by atoms with Crippen molar-refractivity contribution in [3.63, 3.8) is 0 Å².